The number of carbonyl (C=O) groups is 1. The number of unbranched alkanes of at least 4 members (excludes halogenated alkanes) is 3. The van der Waals surface area contributed by atoms with Gasteiger partial charge in [0, 0.05) is 32.9 Å². The lowest BCUT2D eigenvalue weighted by Gasteiger charge is -2.19. The highest BCUT2D eigenvalue weighted by Crippen LogP contribution is 2.36. The first-order valence-electron chi connectivity index (χ1n) is 10.4. The molecule has 156 valence electrons. The third-order valence-electron chi connectivity index (χ3n) is 5.41. The van der Waals surface area contributed by atoms with E-state index in [1.807, 2.05) is 12.2 Å². The number of aliphatic hydroxyl groups is 3. The van der Waals surface area contributed by atoms with Gasteiger partial charge in [0.25, 0.3) is 0 Å². The Morgan fingerprint density at radius 3 is 2.56 bits per heavy atom. The van der Waals surface area contributed by atoms with Gasteiger partial charge in [0.15, 0.2) is 0 Å². The van der Waals surface area contributed by atoms with Gasteiger partial charge in [0.2, 0.25) is 5.91 Å². The average molecular weight is 382 g/mol. The van der Waals surface area contributed by atoms with Gasteiger partial charge >= 0.3 is 0 Å². The summed E-state index contributed by atoms with van der Waals surface area (Å²) < 4.78 is 0. The zero-order valence-electron chi connectivity index (χ0n) is 17.3. The van der Waals surface area contributed by atoms with Crippen LogP contribution in [0.5, 0.6) is 0 Å². The average Bonchev–Trinajstić information content (AvgIpc) is 2.88. The lowest BCUT2D eigenvalue weighted by molar-refractivity contribution is -0.128. The third-order valence-corrected chi connectivity index (χ3v) is 5.41. The summed E-state index contributed by atoms with van der Waals surface area (Å²) >= 11 is 0. The Morgan fingerprint density at radius 2 is 1.89 bits per heavy atom. The van der Waals surface area contributed by atoms with Gasteiger partial charge in [-0.25, -0.2) is 0 Å². The third kappa shape index (κ3) is 9.04. The lowest BCUT2D eigenvalue weighted by Crippen LogP contribution is -2.21. The molecule has 0 radical (unpaired) electrons. The van der Waals surface area contributed by atoms with E-state index in [-0.39, 0.29) is 17.7 Å². The number of hydrogen-bond donors (Lipinski definition) is 3. The summed E-state index contributed by atoms with van der Waals surface area (Å²) in [4.78, 5) is 13.1. The van der Waals surface area contributed by atoms with Crippen LogP contribution in [-0.4, -0.2) is 58.5 Å². The number of nitrogens with zero attached hydrogens (tertiary/aromatic N) is 1. The molecule has 0 bridgehead atoms. The fraction of sp³-hybridized carbons (Fsp3) is 0.773. The van der Waals surface area contributed by atoms with E-state index in [9.17, 15) is 20.1 Å². The molecule has 0 aromatic carbocycles. The summed E-state index contributed by atoms with van der Waals surface area (Å²) in [6, 6.07) is 0. The summed E-state index contributed by atoms with van der Waals surface area (Å²) in [7, 11) is 3.53. The van der Waals surface area contributed by atoms with Crippen molar-refractivity contribution in [1.82, 2.24) is 4.90 Å². The van der Waals surface area contributed by atoms with Crippen LogP contribution in [-0.2, 0) is 4.79 Å². The first kappa shape index (κ1) is 23.9. The smallest absolute Gasteiger partial charge is 0.222 e. The van der Waals surface area contributed by atoms with Crippen LogP contribution < -0.4 is 0 Å². The van der Waals surface area contributed by atoms with Crippen LogP contribution in [0.1, 0.15) is 64.7 Å². The molecule has 0 aromatic heterocycles. The Labute approximate surface area is 164 Å². The van der Waals surface area contributed by atoms with Crippen LogP contribution in [0.4, 0.5) is 0 Å². The quantitative estimate of drug-likeness (QED) is 0.358. The second kappa shape index (κ2) is 13.1. The molecular formula is C22H39NO4. The molecule has 0 saturated heterocycles. The minimum Gasteiger partial charge on any atom is -0.393 e. The van der Waals surface area contributed by atoms with E-state index >= 15 is 0 Å². The highest BCUT2D eigenvalue weighted by atomic mass is 16.3. The Kier molecular flexibility index (Phi) is 11.6. The zero-order chi connectivity index (χ0) is 20.2. The van der Waals surface area contributed by atoms with Crippen LogP contribution >= 0.6 is 0 Å². The summed E-state index contributed by atoms with van der Waals surface area (Å²) in [5.41, 5.74) is 0. The number of hydrogen-bond acceptors (Lipinski definition) is 4. The van der Waals surface area contributed by atoms with Crippen molar-refractivity contribution in [3.05, 3.63) is 24.3 Å². The second-order valence-corrected chi connectivity index (χ2v) is 7.95. The summed E-state index contributed by atoms with van der Waals surface area (Å²) in [6.45, 7) is 2.14. The van der Waals surface area contributed by atoms with Crippen molar-refractivity contribution in [3.63, 3.8) is 0 Å². The molecule has 3 N–H and O–H groups in total. The van der Waals surface area contributed by atoms with Crippen molar-refractivity contribution in [2.45, 2.75) is 83.0 Å². The highest BCUT2D eigenvalue weighted by Gasteiger charge is 2.39. The molecule has 0 aromatic rings. The van der Waals surface area contributed by atoms with Crippen LogP contribution in [0, 0.1) is 11.8 Å². The van der Waals surface area contributed by atoms with Crippen molar-refractivity contribution in [3.8, 4) is 0 Å². The van der Waals surface area contributed by atoms with E-state index < -0.39 is 18.3 Å². The van der Waals surface area contributed by atoms with Gasteiger partial charge in [0.1, 0.15) is 0 Å². The molecule has 0 heterocycles. The van der Waals surface area contributed by atoms with E-state index in [0.29, 0.717) is 19.3 Å². The highest BCUT2D eigenvalue weighted by molar-refractivity contribution is 5.75. The molecule has 5 heteroatoms. The molecule has 0 spiro atoms. The predicted octanol–water partition coefficient (Wildman–Crippen LogP) is 3.05. The van der Waals surface area contributed by atoms with Crippen LogP contribution in [0.25, 0.3) is 0 Å². The normalized spacial score (nSPS) is 26.9. The molecule has 1 aliphatic carbocycles. The monoisotopic (exact) mass is 381 g/mol. The largest absolute Gasteiger partial charge is 0.393 e. The molecule has 5 nitrogen and oxygen atoms in total. The standard InChI is InChI=1S/C22H39NO4/c1-4-5-8-11-17(24)14-15-19-18(20(25)16-21(19)26)12-9-6-7-10-13-22(27)23(2)3/h6,9,14-15,17-21,24-26H,4-5,7-8,10-13,16H2,1-3H3/b9-6+,15-14+/t17-,18+,19+,20-,21+/m0/s1. The van der Waals surface area contributed by atoms with E-state index in [1.165, 1.54) is 0 Å². The first-order chi connectivity index (χ1) is 12.9. The van der Waals surface area contributed by atoms with Gasteiger partial charge in [-0.3, -0.25) is 4.79 Å². The summed E-state index contributed by atoms with van der Waals surface area (Å²) in [5.74, 6) is -0.0139. The topological polar surface area (TPSA) is 81.0 Å². The molecular weight excluding hydrogens is 342 g/mol. The molecule has 0 aliphatic heterocycles. The number of amides is 1. The molecule has 1 rings (SSSR count). The zero-order valence-corrected chi connectivity index (χ0v) is 17.3. The van der Waals surface area contributed by atoms with Gasteiger partial charge in [-0.1, -0.05) is 50.5 Å². The molecule has 1 fully saturated rings. The fourth-order valence-electron chi connectivity index (χ4n) is 3.63. The Balaban J connectivity index is 2.44. The van der Waals surface area contributed by atoms with E-state index in [4.69, 9.17) is 0 Å². The van der Waals surface area contributed by atoms with Gasteiger partial charge in [-0.2, -0.15) is 0 Å². The van der Waals surface area contributed by atoms with Crippen molar-refractivity contribution >= 4 is 5.91 Å². The van der Waals surface area contributed by atoms with Gasteiger partial charge < -0.3 is 20.2 Å². The van der Waals surface area contributed by atoms with Gasteiger partial charge in [-0.05, 0) is 31.6 Å². The maximum absolute atomic E-state index is 11.5. The molecule has 1 saturated carbocycles. The van der Waals surface area contributed by atoms with Crippen molar-refractivity contribution < 1.29 is 20.1 Å². The summed E-state index contributed by atoms with van der Waals surface area (Å²) in [6.07, 6.45) is 13.5. The lowest BCUT2D eigenvalue weighted by atomic mass is 9.89. The van der Waals surface area contributed by atoms with Crippen LogP contribution in [0.2, 0.25) is 0 Å². The number of carbonyl (C=O) groups excluding carboxylic acids is 1. The molecule has 0 unspecified atom stereocenters. The van der Waals surface area contributed by atoms with Crippen molar-refractivity contribution in [2.75, 3.05) is 14.1 Å². The number of allylic oxidation sites excluding steroid dienone is 2. The Bertz CT molecular complexity index is 475. The van der Waals surface area contributed by atoms with Crippen LogP contribution in [0.3, 0.4) is 0 Å². The maximum atomic E-state index is 11.5. The SMILES string of the molecule is CCCCC[C@H](O)/C=C/[C@@H]1[C@@H](C/C=C/CCCC(=O)N(C)C)[C@@H](O)C[C@H]1O. The second-order valence-electron chi connectivity index (χ2n) is 7.95. The van der Waals surface area contributed by atoms with Crippen molar-refractivity contribution in [2.24, 2.45) is 11.8 Å². The number of rotatable bonds is 12. The van der Waals surface area contributed by atoms with E-state index in [2.05, 4.69) is 13.0 Å². The van der Waals surface area contributed by atoms with Crippen molar-refractivity contribution in [1.29, 1.82) is 0 Å². The van der Waals surface area contributed by atoms with Gasteiger partial charge in [-0.15, -0.1) is 0 Å². The maximum Gasteiger partial charge on any atom is 0.222 e. The molecule has 1 aliphatic rings. The van der Waals surface area contributed by atoms with Crippen LogP contribution in [0.15, 0.2) is 24.3 Å². The van der Waals surface area contributed by atoms with E-state index in [1.54, 1.807) is 25.1 Å². The molecule has 27 heavy (non-hydrogen) atoms. The minimum atomic E-state index is -0.560. The number of aliphatic hydroxyl groups excluding tert-OH is 3. The predicted molar refractivity (Wildman–Crippen MR) is 109 cm³/mol. The van der Waals surface area contributed by atoms with E-state index in [0.717, 1.165) is 38.5 Å². The fourth-order valence-corrected chi connectivity index (χ4v) is 3.63. The molecule has 1 amide bonds. The summed E-state index contributed by atoms with van der Waals surface area (Å²) in [5, 5.41) is 30.6. The van der Waals surface area contributed by atoms with Gasteiger partial charge in [0.05, 0.1) is 18.3 Å². The minimum absolute atomic E-state index is 0.0289. The first-order valence-corrected chi connectivity index (χ1v) is 10.4. The molecule has 5 atom stereocenters. The Hall–Kier alpha value is -1.17. The Morgan fingerprint density at radius 1 is 1.15 bits per heavy atom.